The van der Waals surface area contributed by atoms with Crippen molar-refractivity contribution < 1.29 is 18.0 Å². The van der Waals surface area contributed by atoms with Gasteiger partial charge in [0.1, 0.15) is 0 Å². The second-order valence-corrected chi connectivity index (χ2v) is 5.38. The molecule has 1 aromatic carbocycles. The predicted octanol–water partition coefficient (Wildman–Crippen LogP) is 4.22. The third-order valence-corrected chi connectivity index (χ3v) is 3.62. The predicted molar refractivity (Wildman–Crippen MR) is 71.4 cm³/mol. The molecule has 0 radical (unpaired) electrons. The van der Waals surface area contributed by atoms with Gasteiger partial charge in [0.15, 0.2) is 0 Å². The molecule has 0 saturated heterocycles. The molecule has 0 aliphatic heterocycles. The number of hydrogen-bond donors (Lipinski definition) is 1. The maximum atomic E-state index is 12.6. The number of hydrogen-bond acceptors (Lipinski definition) is 1. The molecule has 1 unspecified atom stereocenters. The summed E-state index contributed by atoms with van der Waals surface area (Å²) in [5.74, 6) is -0.586. The highest BCUT2D eigenvalue weighted by Crippen LogP contribution is 2.31. The Morgan fingerprint density at radius 1 is 1.47 bits per heavy atom. The summed E-state index contributed by atoms with van der Waals surface area (Å²) in [5, 5.41) is 2.26. The van der Waals surface area contributed by atoms with Crippen LogP contribution < -0.4 is 5.32 Å². The number of carbonyl (C=O) groups is 1. The third kappa shape index (κ3) is 4.69. The average Bonchev–Trinajstić information content (AvgIpc) is 2.34. The van der Waals surface area contributed by atoms with Gasteiger partial charge in [-0.2, -0.15) is 13.2 Å². The van der Waals surface area contributed by atoms with Crippen molar-refractivity contribution in [1.82, 2.24) is 5.32 Å². The van der Waals surface area contributed by atoms with E-state index < -0.39 is 17.6 Å². The normalized spacial score (nSPS) is 13.2. The molecule has 0 saturated carbocycles. The van der Waals surface area contributed by atoms with Crippen molar-refractivity contribution in [2.24, 2.45) is 0 Å². The smallest absolute Gasteiger partial charge is 0.351 e. The summed E-state index contributed by atoms with van der Waals surface area (Å²) in [6, 6.07) is 2.93. The summed E-state index contributed by atoms with van der Waals surface area (Å²) in [7, 11) is 0. The lowest BCUT2D eigenvalue weighted by Crippen LogP contribution is -2.30. The molecule has 7 heteroatoms. The maximum Gasteiger partial charge on any atom is 0.416 e. The van der Waals surface area contributed by atoms with Crippen molar-refractivity contribution in [2.45, 2.75) is 24.9 Å². The van der Waals surface area contributed by atoms with Crippen LogP contribution in [-0.2, 0) is 6.18 Å². The summed E-state index contributed by atoms with van der Waals surface area (Å²) >= 11 is 8.89. The first-order valence-corrected chi connectivity index (χ1v) is 6.77. The Bertz CT molecular complexity index is 465. The van der Waals surface area contributed by atoms with Gasteiger partial charge in [0.05, 0.1) is 16.5 Å². The minimum Gasteiger partial charge on any atom is -0.351 e. The van der Waals surface area contributed by atoms with E-state index in [-0.39, 0.29) is 17.5 Å². The zero-order valence-electron chi connectivity index (χ0n) is 10.0. The molecule has 0 fully saturated rings. The Kier molecular flexibility index (Phi) is 5.67. The van der Waals surface area contributed by atoms with Gasteiger partial charge in [-0.1, -0.05) is 6.92 Å². The highest BCUT2D eigenvalue weighted by molar-refractivity contribution is 9.10. The van der Waals surface area contributed by atoms with E-state index in [0.717, 1.165) is 12.1 Å². The van der Waals surface area contributed by atoms with Crippen LogP contribution in [0.25, 0.3) is 0 Å². The lowest BCUT2D eigenvalue weighted by Gasteiger charge is -2.12. The van der Waals surface area contributed by atoms with Crippen LogP contribution in [0.2, 0.25) is 0 Å². The zero-order chi connectivity index (χ0) is 14.6. The standard InChI is InChI=1S/C12H12BrClF3NO/c1-2-8(14)6-18-11(19)9-5-7(12(15,16)17)3-4-10(9)13/h3-5,8H,2,6H2,1H3,(H,18,19). The van der Waals surface area contributed by atoms with Gasteiger partial charge in [-0.3, -0.25) is 4.79 Å². The molecule has 106 valence electrons. The van der Waals surface area contributed by atoms with Crippen LogP contribution in [0.4, 0.5) is 13.2 Å². The Labute approximate surface area is 122 Å². The molecule has 1 N–H and O–H groups in total. The van der Waals surface area contributed by atoms with Gasteiger partial charge in [0.25, 0.3) is 5.91 Å². The molecule has 2 nitrogen and oxygen atoms in total. The topological polar surface area (TPSA) is 29.1 Å². The quantitative estimate of drug-likeness (QED) is 0.803. The number of amides is 1. The molecule has 1 amide bonds. The van der Waals surface area contributed by atoms with E-state index in [1.54, 1.807) is 0 Å². The molecule has 1 aromatic rings. The summed E-state index contributed by atoms with van der Waals surface area (Å²) < 4.78 is 38.0. The Morgan fingerprint density at radius 3 is 2.63 bits per heavy atom. The molecule has 0 aliphatic rings. The van der Waals surface area contributed by atoms with Crippen LogP contribution in [0.3, 0.4) is 0 Å². The Balaban J connectivity index is 2.90. The first kappa shape index (κ1) is 16.3. The van der Waals surface area contributed by atoms with Crippen molar-refractivity contribution in [3.8, 4) is 0 Å². The van der Waals surface area contributed by atoms with E-state index in [4.69, 9.17) is 11.6 Å². The second kappa shape index (κ2) is 6.61. The largest absolute Gasteiger partial charge is 0.416 e. The molecule has 1 atom stereocenters. The fourth-order valence-corrected chi connectivity index (χ4v) is 1.82. The van der Waals surface area contributed by atoms with E-state index in [2.05, 4.69) is 21.2 Å². The summed E-state index contributed by atoms with van der Waals surface area (Å²) in [4.78, 5) is 11.8. The zero-order valence-corrected chi connectivity index (χ0v) is 12.4. The molecule has 0 aromatic heterocycles. The molecular formula is C12H12BrClF3NO. The maximum absolute atomic E-state index is 12.6. The monoisotopic (exact) mass is 357 g/mol. The van der Waals surface area contributed by atoms with Gasteiger partial charge in [-0.25, -0.2) is 0 Å². The summed E-state index contributed by atoms with van der Waals surface area (Å²) in [6.45, 7) is 2.06. The Hall–Kier alpha value is -0.750. The van der Waals surface area contributed by atoms with E-state index in [1.165, 1.54) is 6.07 Å². The van der Waals surface area contributed by atoms with E-state index in [1.807, 2.05) is 6.92 Å². The number of alkyl halides is 4. The van der Waals surface area contributed by atoms with Crippen LogP contribution in [0, 0.1) is 0 Å². The SMILES string of the molecule is CCC(Cl)CNC(=O)c1cc(C(F)(F)F)ccc1Br. The van der Waals surface area contributed by atoms with Gasteiger partial charge in [-0.15, -0.1) is 11.6 Å². The van der Waals surface area contributed by atoms with Crippen molar-refractivity contribution >= 4 is 33.4 Å². The van der Waals surface area contributed by atoms with Gasteiger partial charge >= 0.3 is 6.18 Å². The average molecular weight is 359 g/mol. The first-order chi connectivity index (χ1) is 8.75. The molecule has 19 heavy (non-hydrogen) atoms. The second-order valence-electron chi connectivity index (χ2n) is 3.91. The number of halogens is 5. The van der Waals surface area contributed by atoms with Crippen molar-refractivity contribution in [1.29, 1.82) is 0 Å². The lowest BCUT2D eigenvalue weighted by molar-refractivity contribution is -0.137. The van der Waals surface area contributed by atoms with Gasteiger partial charge < -0.3 is 5.32 Å². The molecule has 0 aliphatic carbocycles. The highest BCUT2D eigenvalue weighted by Gasteiger charge is 2.31. The van der Waals surface area contributed by atoms with Crippen LogP contribution in [0.15, 0.2) is 22.7 Å². The summed E-state index contributed by atoms with van der Waals surface area (Å²) in [6.07, 6.45) is -3.82. The van der Waals surface area contributed by atoms with Crippen LogP contribution in [-0.4, -0.2) is 17.8 Å². The van der Waals surface area contributed by atoms with Crippen molar-refractivity contribution in [3.63, 3.8) is 0 Å². The number of carbonyl (C=O) groups excluding carboxylic acids is 1. The highest BCUT2D eigenvalue weighted by atomic mass is 79.9. The molecule has 0 bridgehead atoms. The van der Waals surface area contributed by atoms with Gasteiger partial charge in [0.2, 0.25) is 0 Å². The van der Waals surface area contributed by atoms with Gasteiger partial charge in [-0.05, 0) is 40.5 Å². The minimum absolute atomic E-state index is 0.0604. The number of benzene rings is 1. The van der Waals surface area contributed by atoms with Crippen molar-refractivity contribution in [2.75, 3.05) is 6.54 Å². The number of nitrogens with one attached hydrogen (secondary N) is 1. The molecule has 0 spiro atoms. The van der Waals surface area contributed by atoms with Crippen LogP contribution in [0.1, 0.15) is 29.3 Å². The first-order valence-electron chi connectivity index (χ1n) is 5.54. The van der Waals surface area contributed by atoms with Crippen LogP contribution in [0.5, 0.6) is 0 Å². The minimum atomic E-state index is -4.48. The molecule has 0 heterocycles. The van der Waals surface area contributed by atoms with Crippen molar-refractivity contribution in [3.05, 3.63) is 33.8 Å². The van der Waals surface area contributed by atoms with E-state index >= 15 is 0 Å². The fourth-order valence-electron chi connectivity index (χ4n) is 1.32. The van der Waals surface area contributed by atoms with Gasteiger partial charge in [0, 0.05) is 11.0 Å². The number of rotatable bonds is 4. The van der Waals surface area contributed by atoms with E-state index in [0.29, 0.717) is 10.9 Å². The molecular weight excluding hydrogens is 346 g/mol. The molecule has 1 rings (SSSR count). The Morgan fingerprint density at radius 2 is 2.11 bits per heavy atom. The third-order valence-electron chi connectivity index (χ3n) is 2.47. The van der Waals surface area contributed by atoms with Crippen LogP contribution >= 0.6 is 27.5 Å². The summed E-state index contributed by atoms with van der Waals surface area (Å²) in [5.41, 5.74) is -0.923. The lowest BCUT2D eigenvalue weighted by atomic mass is 10.1. The van der Waals surface area contributed by atoms with E-state index in [9.17, 15) is 18.0 Å². The fraction of sp³-hybridized carbons (Fsp3) is 0.417.